The molecule has 1 aromatic rings. The fraction of sp³-hybridized carbons (Fsp3) is 0.500. The van der Waals surface area contributed by atoms with E-state index in [1.54, 1.807) is 6.08 Å². The summed E-state index contributed by atoms with van der Waals surface area (Å²) in [6, 6.07) is 3.00. The summed E-state index contributed by atoms with van der Waals surface area (Å²) >= 11 is 5.85. The van der Waals surface area contributed by atoms with Crippen molar-refractivity contribution in [3.63, 3.8) is 0 Å². The van der Waals surface area contributed by atoms with E-state index in [0.29, 0.717) is 16.3 Å². The summed E-state index contributed by atoms with van der Waals surface area (Å²) in [6.45, 7) is 8.10. The normalized spacial score (nSPS) is 20.9. The first-order chi connectivity index (χ1) is 9.66. The second kappa shape index (κ2) is 5.61. The van der Waals surface area contributed by atoms with Crippen LogP contribution in [0.3, 0.4) is 0 Å². The highest BCUT2D eigenvalue weighted by Crippen LogP contribution is 2.38. The minimum atomic E-state index is -0.569. The molecule has 1 aliphatic rings. The molecule has 1 fully saturated rings. The summed E-state index contributed by atoms with van der Waals surface area (Å²) in [6.07, 6.45) is 1.66. The molecule has 0 amide bonds. The zero-order valence-corrected chi connectivity index (χ0v) is 13.4. The van der Waals surface area contributed by atoms with Gasteiger partial charge in [0.15, 0.2) is 0 Å². The van der Waals surface area contributed by atoms with Gasteiger partial charge in [0.05, 0.1) is 11.2 Å². The van der Waals surface area contributed by atoms with Crippen molar-refractivity contribution in [1.29, 1.82) is 0 Å². The molecule has 3 N–H and O–H groups in total. The summed E-state index contributed by atoms with van der Waals surface area (Å²) in [7, 11) is -0.569. The zero-order valence-electron chi connectivity index (χ0n) is 12.7. The van der Waals surface area contributed by atoms with E-state index in [4.69, 9.17) is 26.6 Å². The molecule has 0 atom stereocenters. The van der Waals surface area contributed by atoms with Gasteiger partial charge in [-0.15, -0.1) is 0 Å². The predicted molar refractivity (Wildman–Crippen MR) is 84.0 cm³/mol. The highest BCUT2D eigenvalue weighted by Gasteiger charge is 2.52. The molecular weight excluding hydrogens is 290 g/mol. The first kappa shape index (κ1) is 16.3. The lowest BCUT2D eigenvalue weighted by atomic mass is 9.77. The van der Waals surface area contributed by atoms with Gasteiger partial charge in [0.1, 0.15) is 16.6 Å². The number of hydrogen-bond acceptors (Lipinski definition) is 5. The van der Waals surface area contributed by atoms with Gasteiger partial charge in [-0.05, 0) is 51.4 Å². The van der Waals surface area contributed by atoms with Crippen LogP contribution in [-0.2, 0) is 9.31 Å². The number of nitrogens with zero attached hydrogens (tertiary/aromatic N) is 1. The van der Waals surface area contributed by atoms with Crippen molar-refractivity contribution in [3.05, 3.63) is 28.5 Å². The van der Waals surface area contributed by atoms with Crippen molar-refractivity contribution < 1.29 is 14.4 Å². The van der Waals surface area contributed by atoms with Gasteiger partial charge < -0.3 is 20.1 Å². The van der Waals surface area contributed by atoms with E-state index < -0.39 is 18.3 Å². The molecule has 114 valence electrons. The predicted octanol–water partition coefficient (Wildman–Crippen LogP) is 2.41. The van der Waals surface area contributed by atoms with Crippen LogP contribution in [0, 0.1) is 0 Å². The second-order valence-corrected chi connectivity index (χ2v) is 6.44. The van der Waals surface area contributed by atoms with Gasteiger partial charge in [0.2, 0.25) is 0 Å². The van der Waals surface area contributed by atoms with Crippen molar-refractivity contribution in [1.82, 2.24) is 4.98 Å². The quantitative estimate of drug-likeness (QED) is 0.662. The Morgan fingerprint density at radius 3 is 2.43 bits per heavy atom. The topological polar surface area (TPSA) is 77.6 Å². The third-order valence-corrected chi connectivity index (χ3v) is 4.19. The Bertz CT molecular complexity index is 559. The lowest BCUT2D eigenvalue weighted by molar-refractivity contribution is 0.00578. The first-order valence-electron chi connectivity index (χ1n) is 6.78. The molecule has 7 heteroatoms. The summed E-state index contributed by atoms with van der Waals surface area (Å²) in [5.41, 5.74) is 5.94. The van der Waals surface area contributed by atoms with Gasteiger partial charge in [-0.25, -0.2) is 4.98 Å². The Kier molecular flexibility index (Phi) is 4.35. The largest absolute Gasteiger partial charge is 0.506 e. The van der Waals surface area contributed by atoms with Crippen LogP contribution in [0.15, 0.2) is 17.6 Å². The molecule has 0 radical (unpaired) electrons. The monoisotopic (exact) mass is 310 g/mol. The lowest BCUT2D eigenvalue weighted by Crippen LogP contribution is -2.41. The van der Waals surface area contributed by atoms with E-state index in [1.807, 2.05) is 27.7 Å². The molecule has 0 spiro atoms. The van der Waals surface area contributed by atoms with Gasteiger partial charge in [0, 0.05) is 6.54 Å². The highest BCUT2D eigenvalue weighted by molar-refractivity contribution is 6.55. The molecule has 2 rings (SSSR count). The van der Waals surface area contributed by atoms with Crippen molar-refractivity contribution in [2.24, 2.45) is 5.73 Å². The maximum Gasteiger partial charge on any atom is 0.491 e. The molecule has 0 aromatic carbocycles. The van der Waals surface area contributed by atoms with E-state index in [-0.39, 0.29) is 12.3 Å². The van der Waals surface area contributed by atoms with Crippen molar-refractivity contribution in [2.45, 2.75) is 38.9 Å². The number of aromatic hydroxyl groups is 1. The Balaban J connectivity index is 2.33. The molecule has 5 nitrogen and oxygen atoms in total. The van der Waals surface area contributed by atoms with Crippen LogP contribution in [0.5, 0.6) is 5.75 Å². The molecule has 1 aliphatic heterocycles. The van der Waals surface area contributed by atoms with Crippen molar-refractivity contribution >= 4 is 24.8 Å². The molecule has 1 aromatic heterocycles. The number of nitrogens with two attached hydrogens (primary N) is 1. The van der Waals surface area contributed by atoms with Gasteiger partial charge in [-0.3, -0.25) is 0 Å². The first-order valence-corrected chi connectivity index (χ1v) is 7.16. The fourth-order valence-electron chi connectivity index (χ4n) is 1.94. The maximum absolute atomic E-state index is 9.84. The minimum Gasteiger partial charge on any atom is -0.506 e. The Hall–Kier alpha value is -1.08. The summed E-state index contributed by atoms with van der Waals surface area (Å²) < 4.78 is 11.9. The Morgan fingerprint density at radius 1 is 1.33 bits per heavy atom. The van der Waals surface area contributed by atoms with Gasteiger partial charge >= 0.3 is 7.12 Å². The molecular formula is C14H20BClN2O3. The molecule has 1 saturated heterocycles. The third kappa shape index (κ3) is 3.24. The van der Waals surface area contributed by atoms with Crippen molar-refractivity contribution in [2.75, 3.05) is 6.54 Å². The van der Waals surface area contributed by atoms with E-state index >= 15 is 0 Å². The molecule has 0 bridgehead atoms. The van der Waals surface area contributed by atoms with Gasteiger partial charge in [-0.1, -0.05) is 11.6 Å². The van der Waals surface area contributed by atoms with Gasteiger partial charge in [0.25, 0.3) is 0 Å². The van der Waals surface area contributed by atoms with E-state index in [9.17, 15) is 5.11 Å². The number of halogens is 1. The number of aromatic nitrogens is 1. The Labute approximate surface area is 130 Å². The zero-order chi connectivity index (χ0) is 15.8. The van der Waals surface area contributed by atoms with Crippen LogP contribution >= 0.6 is 11.6 Å². The smallest absolute Gasteiger partial charge is 0.491 e. The number of rotatable bonds is 3. The Morgan fingerprint density at radius 2 is 1.90 bits per heavy atom. The van der Waals surface area contributed by atoms with Crippen LogP contribution < -0.4 is 5.73 Å². The van der Waals surface area contributed by atoms with Crippen LogP contribution in [0.4, 0.5) is 0 Å². The summed E-state index contributed by atoms with van der Waals surface area (Å²) in [5.74, 6) is 0.0295. The van der Waals surface area contributed by atoms with Crippen LogP contribution in [0.1, 0.15) is 33.4 Å². The van der Waals surface area contributed by atoms with Crippen LogP contribution in [0.25, 0.3) is 6.08 Å². The van der Waals surface area contributed by atoms with E-state index in [1.165, 1.54) is 12.1 Å². The number of pyridine rings is 1. The van der Waals surface area contributed by atoms with Gasteiger partial charge in [-0.2, -0.15) is 0 Å². The molecule has 21 heavy (non-hydrogen) atoms. The SMILES string of the molecule is CC1(C)OB(C(=Cc2nc(Cl)ccc2O)CN)OC1(C)C. The molecule has 0 aliphatic carbocycles. The lowest BCUT2D eigenvalue weighted by Gasteiger charge is -2.32. The maximum atomic E-state index is 9.84. The average Bonchev–Trinajstić information content (AvgIpc) is 2.59. The second-order valence-electron chi connectivity index (χ2n) is 6.05. The average molecular weight is 311 g/mol. The third-order valence-electron chi connectivity index (χ3n) is 3.98. The van der Waals surface area contributed by atoms with Crippen LogP contribution in [-0.4, -0.2) is 35.0 Å². The highest BCUT2D eigenvalue weighted by atomic mass is 35.5. The minimum absolute atomic E-state index is 0.0295. The number of hydrogen-bond donors (Lipinski definition) is 2. The molecule has 0 saturated carbocycles. The summed E-state index contributed by atoms with van der Waals surface area (Å²) in [4.78, 5) is 4.08. The molecule has 0 unspecified atom stereocenters. The fourth-order valence-corrected chi connectivity index (χ4v) is 2.10. The standard InChI is InChI=1S/C14H20BClN2O3/c1-13(2)14(3,4)21-15(20-13)9(8-17)7-10-11(19)5-6-12(16)18-10/h5-7,19H,8,17H2,1-4H3. The molecule has 2 heterocycles. The summed E-state index contributed by atoms with van der Waals surface area (Å²) in [5, 5.41) is 10.1. The van der Waals surface area contributed by atoms with E-state index in [0.717, 1.165) is 0 Å². The van der Waals surface area contributed by atoms with Crippen molar-refractivity contribution in [3.8, 4) is 5.75 Å². The van der Waals surface area contributed by atoms with Crippen LogP contribution in [0.2, 0.25) is 5.15 Å². The van der Waals surface area contributed by atoms with E-state index in [2.05, 4.69) is 4.98 Å².